The highest BCUT2D eigenvalue weighted by atomic mass is 32.2. The van der Waals surface area contributed by atoms with Gasteiger partial charge in [-0.05, 0) is 37.1 Å². The van der Waals surface area contributed by atoms with E-state index in [2.05, 4.69) is 49.9 Å². The Labute approximate surface area is 157 Å². The number of hydrogen-bond donors (Lipinski definition) is 2. The summed E-state index contributed by atoms with van der Waals surface area (Å²) < 4.78 is 5.52. The maximum Gasteiger partial charge on any atom is 0.138 e. The van der Waals surface area contributed by atoms with Crippen LogP contribution in [-0.4, -0.2) is 46.8 Å². The molecule has 2 aromatic heterocycles. The molecule has 3 heterocycles. The van der Waals surface area contributed by atoms with Crippen LogP contribution in [0, 0.1) is 0 Å². The van der Waals surface area contributed by atoms with E-state index in [1.54, 1.807) is 24.2 Å². The molecule has 0 atom stereocenters. The Bertz CT molecular complexity index is 782. The predicted molar refractivity (Wildman–Crippen MR) is 104 cm³/mol. The number of aromatic nitrogens is 3. The molecule has 0 unspecified atom stereocenters. The van der Waals surface area contributed by atoms with Gasteiger partial charge in [0, 0.05) is 42.7 Å². The zero-order chi connectivity index (χ0) is 17.6. The largest absolute Gasteiger partial charge is 0.464 e. The minimum Gasteiger partial charge on any atom is -0.464 e. The van der Waals surface area contributed by atoms with Crippen molar-refractivity contribution in [3.05, 3.63) is 48.9 Å². The van der Waals surface area contributed by atoms with Crippen LogP contribution in [0.3, 0.4) is 0 Å². The fourth-order valence-corrected chi connectivity index (χ4v) is 3.98. The van der Waals surface area contributed by atoms with Gasteiger partial charge >= 0.3 is 0 Å². The lowest BCUT2D eigenvalue weighted by atomic mass is 10.0. The molecule has 4 rings (SSSR count). The first-order chi connectivity index (χ1) is 12.9. The normalized spacial score (nSPS) is 15.5. The van der Waals surface area contributed by atoms with Gasteiger partial charge in [-0.25, -0.2) is 0 Å². The van der Waals surface area contributed by atoms with Gasteiger partial charge < -0.3 is 14.6 Å². The van der Waals surface area contributed by atoms with Crippen LogP contribution in [0.15, 0.2) is 58.3 Å². The average molecular weight is 369 g/mol. The van der Waals surface area contributed by atoms with Gasteiger partial charge in [-0.3, -0.25) is 0 Å². The molecular weight excluding hydrogens is 346 g/mol. The molecule has 3 aromatic rings. The number of nitrogens with one attached hydrogen (secondary N) is 2. The van der Waals surface area contributed by atoms with E-state index in [1.165, 1.54) is 18.5 Å². The number of hydrogen-bond acceptors (Lipinski definition) is 6. The number of benzene rings is 1. The number of H-pyrrole nitrogens is 1. The molecule has 2 N–H and O–H groups in total. The zero-order valence-electron chi connectivity index (χ0n) is 14.6. The first-order valence-electron chi connectivity index (χ1n) is 8.99. The van der Waals surface area contributed by atoms with Gasteiger partial charge in [0.25, 0.3) is 0 Å². The maximum atomic E-state index is 5.52. The summed E-state index contributed by atoms with van der Waals surface area (Å²) in [6.07, 6.45) is 5.82. The van der Waals surface area contributed by atoms with Crippen molar-refractivity contribution in [2.75, 3.05) is 30.3 Å². The number of thioether (sulfide) groups is 1. The molecule has 0 saturated carbocycles. The summed E-state index contributed by atoms with van der Waals surface area (Å²) >= 11 is 1.73. The molecule has 0 amide bonds. The van der Waals surface area contributed by atoms with E-state index in [1.807, 2.05) is 12.1 Å². The summed E-state index contributed by atoms with van der Waals surface area (Å²) in [4.78, 5) is 2.47. The summed E-state index contributed by atoms with van der Waals surface area (Å²) in [6, 6.07) is 13.2. The van der Waals surface area contributed by atoms with E-state index in [9.17, 15) is 0 Å². The Morgan fingerprint density at radius 1 is 1.23 bits per heavy atom. The number of furan rings is 1. The van der Waals surface area contributed by atoms with Crippen LogP contribution >= 0.6 is 11.8 Å². The van der Waals surface area contributed by atoms with Gasteiger partial charge in [0.15, 0.2) is 0 Å². The lowest BCUT2D eigenvalue weighted by Gasteiger charge is -2.34. The van der Waals surface area contributed by atoms with Crippen LogP contribution < -0.4 is 10.2 Å². The van der Waals surface area contributed by atoms with Crippen LogP contribution in [0.25, 0.3) is 11.3 Å². The highest BCUT2D eigenvalue weighted by Crippen LogP contribution is 2.27. The van der Waals surface area contributed by atoms with Crippen LogP contribution in [0.4, 0.5) is 5.69 Å². The molecule has 0 spiro atoms. The molecular formula is C19H23N5OS. The molecule has 1 aliphatic heterocycles. The summed E-state index contributed by atoms with van der Waals surface area (Å²) in [7, 11) is 0. The quantitative estimate of drug-likeness (QED) is 0.491. The van der Waals surface area contributed by atoms with E-state index in [0.29, 0.717) is 6.04 Å². The smallest absolute Gasteiger partial charge is 0.138 e. The van der Waals surface area contributed by atoms with E-state index in [0.717, 1.165) is 41.7 Å². The molecule has 1 aromatic carbocycles. The number of aromatic amines is 1. The van der Waals surface area contributed by atoms with E-state index in [-0.39, 0.29) is 0 Å². The Kier molecular flexibility index (Phi) is 5.56. The van der Waals surface area contributed by atoms with E-state index < -0.39 is 0 Å². The fourth-order valence-electron chi connectivity index (χ4n) is 3.32. The second kappa shape index (κ2) is 8.42. The third-order valence-electron chi connectivity index (χ3n) is 4.69. The lowest BCUT2D eigenvalue weighted by Crippen LogP contribution is -2.43. The Morgan fingerprint density at radius 3 is 2.92 bits per heavy atom. The molecule has 26 heavy (non-hydrogen) atoms. The third-order valence-corrected chi connectivity index (χ3v) is 5.59. The first-order valence-corrected chi connectivity index (χ1v) is 9.98. The van der Waals surface area contributed by atoms with Crippen LogP contribution in [0.5, 0.6) is 0 Å². The molecule has 1 aliphatic rings. The zero-order valence-corrected chi connectivity index (χ0v) is 15.4. The minimum atomic E-state index is 0.595. The van der Waals surface area contributed by atoms with Crippen molar-refractivity contribution >= 4 is 17.4 Å². The van der Waals surface area contributed by atoms with Gasteiger partial charge in [0.1, 0.15) is 10.8 Å². The third kappa shape index (κ3) is 4.28. The van der Waals surface area contributed by atoms with Gasteiger partial charge in [-0.2, -0.15) is 10.3 Å². The molecule has 0 radical (unpaired) electrons. The second-order valence-corrected chi connectivity index (χ2v) is 7.51. The molecule has 0 bridgehead atoms. The summed E-state index contributed by atoms with van der Waals surface area (Å²) in [5, 5.41) is 15.1. The van der Waals surface area contributed by atoms with E-state index in [4.69, 9.17) is 4.42 Å². The van der Waals surface area contributed by atoms with E-state index >= 15 is 0 Å². The number of anilines is 1. The Balaban J connectivity index is 1.24. The monoisotopic (exact) mass is 369 g/mol. The Morgan fingerprint density at radius 2 is 2.15 bits per heavy atom. The van der Waals surface area contributed by atoms with Crippen molar-refractivity contribution in [3.8, 4) is 11.3 Å². The van der Waals surface area contributed by atoms with Gasteiger partial charge in [-0.1, -0.05) is 12.1 Å². The number of nitrogens with zero attached hydrogens (tertiary/aromatic N) is 3. The van der Waals surface area contributed by atoms with Crippen molar-refractivity contribution in [3.63, 3.8) is 0 Å². The topological polar surface area (TPSA) is 70.0 Å². The summed E-state index contributed by atoms with van der Waals surface area (Å²) in [5.41, 5.74) is 2.41. The standard InChI is InChI=1S/C19H23N5OS/c1-3-15(18-5-2-11-25-18)13-17(4-1)24-9-6-16(7-10-24)20-8-12-26-19-14-21-23-22-19/h1-5,11,13-14,16,20H,6-10,12H2,(H,21,22,23). The van der Waals surface area contributed by atoms with Crippen molar-refractivity contribution in [2.24, 2.45) is 0 Å². The van der Waals surface area contributed by atoms with Gasteiger partial charge in [-0.15, -0.1) is 16.9 Å². The minimum absolute atomic E-state index is 0.595. The summed E-state index contributed by atoms with van der Waals surface area (Å²) in [6.45, 7) is 3.15. The average Bonchev–Trinajstić information content (AvgIpc) is 3.40. The molecule has 6 nitrogen and oxygen atoms in total. The molecule has 136 valence electrons. The maximum absolute atomic E-state index is 5.52. The SMILES string of the molecule is c1cc(-c2ccco2)cc(N2CCC(NCCSc3cn[nH]n3)CC2)c1. The lowest BCUT2D eigenvalue weighted by molar-refractivity contribution is 0.425. The second-order valence-electron chi connectivity index (χ2n) is 6.40. The van der Waals surface area contributed by atoms with Crippen LogP contribution in [0.1, 0.15) is 12.8 Å². The predicted octanol–water partition coefficient (Wildman–Crippen LogP) is 3.42. The molecule has 0 aliphatic carbocycles. The highest BCUT2D eigenvalue weighted by molar-refractivity contribution is 7.99. The van der Waals surface area contributed by atoms with Crippen LogP contribution in [0.2, 0.25) is 0 Å². The highest BCUT2D eigenvalue weighted by Gasteiger charge is 2.19. The van der Waals surface area contributed by atoms with Crippen molar-refractivity contribution in [1.82, 2.24) is 20.7 Å². The van der Waals surface area contributed by atoms with Gasteiger partial charge in [0.05, 0.1) is 12.5 Å². The molecule has 1 saturated heterocycles. The number of rotatable bonds is 7. The Hall–Kier alpha value is -2.25. The molecule has 1 fully saturated rings. The van der Waals surface area contributed by atoms with Crippen molar-refractivity contribution < 1.29 is 4.42 Å². The fraction of sp³-hybridized carbons (Fsp3) is 0.368. The summed E-state index contributed by atoms with van der Waals surface area (Å²) in [5.74, 6) is 1.94. The first kappa shape index (κ1) is 17.2. The van der Waals surface area contributed by atoms with Crippen LogP contribution in [-0.2, 0) is 0 Å². The number of piperidine rings is 1. The van der Waals surface area contributed by atoms with Gasteiger partial charge in [0.2, 0.25) is 0 Å². The van der Waals surface area contributed by atoms with Crippen molar-refractivity contribution in [2.45, 2.75) is 23.9 Å². The van der Waals surface area contributed by atoms with Crippen molar-refractivity contribution in [1.29, 1.82) is 0 Å². The molecule has 7 heteroatoms.